The Morgan fingerprint density at radius 1 is 0.379 bits per heavy atom. The molecule has 6 rings (SSSR count). The Kier molecular flexibility index (Phi) is 14.1. The smallest absolute Gasteiger partial charge is 0.255 e. The topological polar surface area (TPSA) is 118 Å². The van der Waals surface area contributed by atoms with Crippen molar-refractivity contribution in [3.8, 4) is 17.2 Å². The SMILES string of the molecule is O=C(Nc1ccc(F)cc1)c1ccc(OCCN(CCOc2ccc(C(=O)Nc3ccc(F)cc3)cc2)CCOc2ccc(C(=O)Nc3ccc(F)cc3)cc2)cc1. The predicted octanol–water partition coefficient (Wildman–Crippen LogP) is 8.70. The van der Waals surface area contributed by atoms with Crippen LogP contribution in [0.15, 0.2) is 146 Å². The highest BCUT2D eigenvalue weighted by molar-refractivity contribution is 6.05. The molecule has 0 saturated heterocycles. The summed E-state index contributed by atoms with van der Waals surface area (Å²) >= 11 is 0. The zero-order chi connectivity index (χ0) is 40.7. The highest BCUT2D eigenvalue weighted by atomic mass is 19.1. The molecule has 0 aliphatic heterocycles. The largest absolute Gasteiger partial charge is 0.492 e. The van der Waals surface area contributed by atoms with E-state index < -0.39 is 17.5 Å². The molecular formula is C45H39F3N4O6. The minimum absolute atomic E-state index is 0.316. The van der Waals surface area contributed by atoms with Crippen molar-refractivity contribution in [2.24, 2.45) is 0 Å². The van der Waals surface area contributed by atoms with E-state index in [9.17, 15) is 27.6 Å². The van der Waals surface area contributed by atoms with Crippen molar-refractivity contribution in [2.75, 3.05) is 55.4 Å². The van der Waals surface area contributed by atoms with Gasteiger partial charge in [0, 0.05) is 53.4 Å². The predicted molar refractivity (Wildman–Crippen MR) is 215 cm³/mol. The normalized spacial score (nSPS) is 10.8. The highest BCUT2D eigenvalue weighted by Crippen LogP contribution is 2.18. The molecule has 0 heterocycles. The summed E-state index contributed by atoms with van der Waals surface area (Å²) in [5.41, 5.74) is 2.67. The Hall–Kier alpha value is -7.12. The Balaban J connectivity index is 1.00. The molecule has 0 bridgehead atoms. The lowest BCUT2D eigenvalue weighted by atomic mass is 10.2. The van der Waals surface area contributed by atoms with Gasteiger partial charge in [0.15, 0.2) is 0 Å². The van der Waals surface area contributed by atoms with E-state index >= 15 is 0 Å². The van der Waals surface area contributed by atoms with Gasteiger partial charge in [-0.15, -0.1) is 0 Å². The van der Waals surface area contributed by atoms with Crippen LogP contribution in [0.5, 0.6) is 17.2 Å². The average molecular weight is 789 g/mol. The highest BCUT2D eigenvalue weighted by Gasteiger charge is 2.12. The van der Waals surface area contributed by atoms with E-state index in [1.54, 1.807) is 72.8 Å². The summed E-state index contributed by atoms with van der Waals surface area (Å²) in [6, 6.07) is 36.6. The Bertz CT molecular complexity index is 2000. The molecule has 0 atom stereocenters. The van der Waals surface area contributed by atoms with Crippen LogP contribution in [0.1, 0.15) is 31.1 Å². The van der Waals surface area contributed by atoms with Crippen LogP contribution in [-0.2, 0) is 0 Å². The first-order chi connectivity index (χ1) is 28.2. The molecule has 0 unspecified atom stereocenters. The van der Waals surface area contributed by atoms with Crippen LogP contribution in [0.2, 0.25) is 0 Å². The number of carbonyl (C=O) groups excluding carboxylic acids is 3. The maximum atomic E-state index is 13.2. The van der Waals surface area contributed by atoms with Gasteiger partial charge in [0.1, 0.15) is 54.5 Å². The molecule has 13 heteroatoms. The third-order valence-corrected chi connectivity index (χ3v) is 8.68. The van der Waals surface area contributed by atoms with E-state index in [-0.39, 0.29) is 17.7 Å². The molecule has 0 radical (unpaired) electrons. The molecule has 10 nitrogen and oxygen atoms in total. The van der Waals surface area contributed by atoms with Crippen molar-refractivity contribution in [3.05, 3.63) is 180 Å². The summed E-state index contributed by atoms with van der Waals surface area (Å²) in [4.78, 5) is 40.0. The number of halogens is 3. The summed E-state index contributed by atoms with van der Waals surface area (Å²) in [6.07, 6.45) is 0. The number of rotatable bonds is 18. The molecule has 6 aromatic carbocycles. The lowest BCUT2D eigenvalue weighted by molar-refractivity contribution is 0.101. The second-order valence-electron chi connectivity index (χ2n) is 12.8. The number of nitrogens with zero attached hydrogens (tertiary/aromatic N) is 1. The molecule has 0 aromatic heterocycles. The van der Waals surface area contributed by atoms with Crippen LogP contribution in [0, 0.1) is 17.5 Å². The molecule has 0 spiro atoms. The Morgan fingerprint density at radius 2 is 0.621 bits per heavy atom. The summed E-state index contributed by atoms with van der Waals surface area (Å²) in [7, 11) is 0. The van der Waals surface area contributed by atoms with Gasteiger partial charge in [0.05, 0.1) is 0 Å². The molecule has 0 saturated carbocycles. The third-order valence-electron chi connectivity index (χ3n) is 8.68. The molecule has 0 fully saturated rings. The molecule has 296 valence electrons. The summed E-state index contributed by atoms with van der Waals surface area (Å²) in [6.45, 7) is 2.46. The van der Waals surface area contributed by atoms with Gasteiger partial charge in [-0.1, -0.05) is 0 Å². The first kappa shape index (κ1) is 40.5. The van der Waals surface area contributed by atoms with E-state index in [2.05, 4.69) is 20.9 Å². The van der Waals surface area contributed by atoms with Gasteiger partial charge in [-0.05, 0) is 146 Å². The van der Waals surface area contributed by atoms with Gasteiger partial charge in [0.2, 0.25) is 0 Å². The Labute approximate surface area is 333 Å². The average Bonchev–Trinajstić information content (AvgIpc) is 3.24. The summed E-state index contributed by atoms with van der Waals surface area (Å²) in [5.74, 6) is -0.491. The third kappa shape index (κ3) is 12.4. The van der Waals surface area contributed by atoms with E-state index in [0.717, 1.165) is 0 Å². The summed E-state index contributed by atoms with van der Waals surface area (Å²) < 4.78 is 57.6. The van der Waals surface area contributed by atoms with Gasteiger partial charge < -0.3 is 30.2 Å². The van der Waals surface area contributed by atoms with Crippen LogP contribution in [-0.4, -0.2) is 62.1 Å². The molecule has 3 N–H and O–H groups in total. The van der Waals surface area contributed by atoms with Gasteiger partial charge in [-0.2, -0.15) is 0 Å². The molecule has 0 aliphatic rings. The minimum atomic E-state index is -0.393. The fraction of sp³-hybridized carbons (Fsp3) is 0.133. The van der Waals surface area contributed by atoms with Gasteiger partial charge in [-0.25, -0.2) is 13.2 Å². The standard InChI is InChI=1S/C45H39F3N4O6/c46-34-7-13-37(14-8-34)49-43(53)31-1-19-40(20-2-31)56-28-25-52(26-29-57-41-21-3-32(4-22-41)44(54)50-38-15-9-35(47)10-16-38)27-30-58-42-23-5-33(6-24-42)45(55)51-39-17-11-36(48)12-18-39/h1-24H,25-30H2,(H,49,53)(H,50,54)(H,51,55). The fourth-order valence-electron chi connectivity index (χ4n) is 5.53. The number of hydrogen-bond donors (Lipinski definition) is 3. The first-order valence-electron chi connectivity index (χ1n) is 18.3. The maximum absolute atomic E-state index is 13.2. The quantitative estimate of drug-likeness (QED) is 0.0798. The van der Waals surface area contributed by atoms with E-state index in [0.29, 0.717) is 90.5 Å². The zero-order valence-corrected chi connectivity index (χ0v) is 31.1. The lowest BCUT2D eigenvalue weighted by Gasteiger charge is -2.23. The van der Waals surface area contributed by atoms with Crippen molar-refractivity contribution in [3.63, 3.8) is 0 Å². The van der Waals surface area contributed by atoms with E-state index in [1.165, 1.54) is 72.8 Å². The van der Waals surface area contributed by atoms with Crippen LogP contribution >= 0.6 is 0 Å². The van der Waals surface area contributed by atoms with Crippen LogP contribution in [0.3, 0.4) is 0 Å². The number of benzene rings is 6. The minimum Gasteiger partial charge on any atom is -0.492 e. The van der Waals surface area contributed by atoms with Gasteiger partial charge >= 0.3 is 0 Å². The molecule has 3 amide bonds. The van der Waals surface area contributed by atoms with Gasteiger partial charge in [0.25, 0.3) is 17.7 Å². The van der Waals surface area contributed by atoms with Crippen LogP contribution in [0.4, 0.5) is 30.2 Å². The fourth-order valence-corrected chi connectivity index (χ4v) is 5.53. The lowest BCUT2D eigenvalue weighted by Crippen LogP contribution is -2.35. The van der Waals surface area contributed by atoms with Crippen molar-refractivity contribution >= 4 is 34.8 Å². The number of amides is 3. The first-order valence-corrected chi connectivity index (χ1v) is 18.3. The van der Waals surface area contributed by atoms with Crippen LogP contribution in [0.25, 0.3) is 0 Å². The second-order valence-corrected chi connectivity index (χ2v) is 12.8. The van der Waals surface area contributed by atoms with Crippen molar-refractivity contribution in [2.45, 2.75) is 0 Å². The summed E-state index contributed by atoms with van der Waals surface area (Å²) in [5, 5.41) is 8.18. The zero-order valence-electron chi connectivity index (χ0n) is 31.1. The number of nitrogens with one attached hydrogen (secondary N) is 3. The second kappa shape index (κ2) is 20.2. The number of anilines is 3. The van der Waals surface area contributed by atoms with Crippen molar-refractivity contribution in [1.29, 1.82) is 0 Å². The maximum Gasteiger partial charge on any atom is 0.255 e. The molecule has 6 aromatic rings. The van der Waals surface area contributed by atoms with Crippen LogP contribution < -0.4 is 30.2 Å². The Morgan fingerprint density at radius 3 is 0.862 bits per heavy atom. The monoisotopic (exact) mass is 788 g/mol. The molecule has 58 heavy (non-hydrogen) atoms. The van der Waals surface area contributed by atoms with Crippen molar-refractivity contribution < 1.29 is 41.8 Å². The number of hydrogen-bond acceptors (Lipinski definition) is 7. The number of carbonyl (C=O) groups is 3. The number of ether oxygens (including phenoxy) is 3. The van der Waals surface area contributed by atoms with E-state index in [4.69, 9.17) is 14.2 Å². The molecular weight excluding hydrogens is 750 g/mol. The van der Waals surface area contributed by atoms with Gasteiger partial charge in [-0.3, -0.25) is 19.3 Å². The van der Waals surface area contributed by atoms with E-state index in [1.807, 2.05) is 0 Å². The molecule has 0 aliphatic carbocycles. The van der Waals surface area contributed by atoms with Crippen molar-refractivity contribution in [1.82, 2.24) is 4.90 Å².